The number of ether oxygens (including phenoxy) is 2. The van der Waals surface area contributed by atoms with Crippen molar-refractivity contribution < 1.29 is 73.7 Å². The summed E-state index contributed by atoms with van der Waals surface area (Å²) in [7, 11) is 0. The quantitative estimate of drug-likeness (QED) is 0.204. The summed E-state index contributed by atoms with van der Waals surface area (Å²) >= 11 is 0. The van der Waals surface area contributed by atoms with Gasteiger partial charge in [-0.3, -0.25) is 19.2 Å². The Balaban J connectivity index is 5.97. The molecule has 0 aliphatic rings. The number of aliphatic carboxylic acids is 6. The molecule has 0 fully saturated rings. The molecule has 15 heteroatoms. The summed E-state index contributed by atoms with van der Waals surface area (Å²) in [5.41, 5.74) is -6.49. The van der Waals surface area contributed by atoms with Crippen LogP contribution in [0.3, 0.4) is 0 Å². The molecule has 6 N–H and O–H groups in total. The fourth-order valence-electron chi connectivity index (χ4n) is 1.98. The Labute approximate surface area is 153 Å². The lowest BCUT2D eigenvalue weighted by Gasteiger charge is -2.30. The molecule has 15 nitrogen and oxygen atoms in total. The summed E-state index contributed by atoms with van der Waals surface area (Å²) < 4.78 is 8.44. The molecule has 0 radical (unpaired) electrons. The normalized spacial score (nSPS) is 11.1. The Kier molecular flexibility index (Phi) is 7.87. The largest absolute Gasteiger partial charge is 0.510 e. The minimum absolute atomic E-state index is 1.58. The Morgan fingerprint density at radius 1 is 0.500 bits per heavy atom. The van der Waals surface area contributed by atoms with Crippen molar-refractivity contribution >= 4 is 42.0 Å². The third-order valence-electron chi connectivity index (χ3n) is 3.08. The van der Waals surface area contributed by atoms with Crippen molar-refractivity contribution in [2.75, 3.05) is 0 Å². The molecule has 0 aliphatic carbocycles. The van der Waals surface area contributed by atoms with E-state index in [1.807, 2.05) is 0 Å². The average Bonchev–Trinajstić information content (AvgIpc) is 2.42. The van der Waals surface area contributed by atoms with Crippen molar-refractivity contribution in [2.45, 2.75) is 36.9 Å². The van der Waals surface area contributed by atoms with E-state index in [1.165, 1.54) is 0 Å². The number of hydrogen-bond donors (Lipinski definition) is 6. The smallest absolute Gasteiger partial charge is 0.481 e. The fraction of sp³-hybridized carbons (Fsp3) is 0.462. The molecule has 0 aromatic carbocycles. The second-order valence-electron chi connectivity index (χ2n) is 5.34. The van der Waals surface area contributed by atoms with Gasteiger partial charge in [0.25, 0.3) is 0 Å². The molecule has 0 heterocycles. The molecule has 0 spiro atoms. The van der Waals surface area contributed by atoms with Gasteiger partial charge in [0.2, 0.25) is 11.2 Å². The third-order valence-corrected chi connectivity index (χ3v) is 3.08. The van der Waals surface area contributed by atoms with Crippen LogP contribution in [-0.4, -0.2) is 83.8 Å². The predicted molar refractivity (Wildman–Crippen MR) is 77.3 cm³/mol. The van der Waals surface area contributed by atoms with Crippen LogP contribution in [0.2, 0.25) is 0 Å². The van der Waals surface area contributed by atoms with E-state index in [0.717, 1.165) is 0 Å². The highest BCUT2D eigenvalue weighted by Gasteiger charge is 2.52. The maximum Gasteiger partial charge on any atom is 0.510 e. The second kappa shape index (κ2) is 9.15. The first kappa shape index (κ1) is 24.1. The van der Waals surface area contributed by atoms with Gasteiger partial charge in [-0.25, -0.2) is 14.4 Å². The minimum atomic E-state index is -3.24. The zero-order valence-corrected chi connectivity index (χ0v) is 13.7. The molecule has 0 atom stereocenters. The number of carbonyl (C=O) groups is 7. The average molecular weight is 410 g/mol. The number of carboxylic acid groups (broad SMARTS) is 6. The van der Waals surface area contributed by atoms with Gasteiger partial charge in [-0.1, -0.05) is 0 Å². The molecule has 0 aliphatic heterocycles. The molecule has 28 heavy (non-hydrogen) atoms. The Morgan fingerprint density at radius 3 is 0.857 bits per heavy atom. The number of carbonyl (C=O) groups excluding carboxylic acids is 1. The van der Waals surface area contributed by atoms with Crippen LogP contribution in [0.25, 0.3) is 0 Å². The summed E-state index contributed by atoms with van der Waals surface area (Å²) in [6, 6.07) is 0. The minimum Gasteiger partial charge on any atom is -0.481 e. The molecule has 0 aromatic rings. The highest BCUT2D eigenvalue weighted by atomic mass is 16.8. The van der Waals surface area contributed by atoms with Gasteiger partial charge in [0.15, 0.2) is 0 Å². The summed E-state index contributed by atoms with van der Waals surface area (Å²) in [5.74, 6) is -12.2. The van der Waals surface area contributed by atoms with E-state index >= 15 is 0 Å². The Hall–Kier alpha value is -3.91. The van der Waals surface area contributed by atoms with Crippen molar-refractivity contribution in [3.05, 3.63) is 0 Å². The van der Waals surface area contributed by atoms with Crippen molar-refractivity contribution in [1.82, 2.24) is 0 Å². The fourth-order valence-corrected chi connectivity index (χ4v) is 1.98. The van der Waals surface area contributed by atoms with Crippen LogP contribution in [0.1, 0.15) is 25.7 Å². The Bertz CT molecular complexity index is 615. The molecule has 156 valence electrons. The van der Waals surface area contributed by atoms with Gasteiger partial charge in [0.05, 0.1) is 25.7 Å². The van der Waals surface area contributed by atoms with Gasteiger partial charge in [-0.15, -0.1) is 0 Å². The van der Waals surface area contributed by atoms with Crippen LogP contribution >= 0.6 is 0 Å². The van der Waals surface area contributed by atoms with E-state index in [9.17, 15) is 33.6 Å². The predicted octanol–water partition coefficient (Wildman–Crippen LogP) is -1.31. The van der Waals surface area contributed by atoms with E-state index in [2.05, 4.69) is 9.47 Å². The van der Waals surface area contributed by atoms with Crippen LogP contribution in [-0.2, 0) is 38.2 Å². The lowest BCUT2D eigenvalue weighted by molar-refractivity contribution is -0.183. The summed E-state index contributed by atoms with van der Waals surface area (Å²) in [6.07, 6.45) is -8.62. The molecule has 0 bridgehead atoms. The zero-order valence-electron chi connectivity index (χ0n) is 13.7. The van der Waals surface area contributed by atoms with E-state index in [-0.39, 0.29) is 0 Å². The maximum atomic E-state index is 11.9. The van der Waals surface area contributed by atoms with Crippen LogP contribution < -0.4 is 0 Å². The number of hydrogen-bond acceptors (Lipinski definition) is 9. The first-order chi connectivity index (χ1) is 12.7. The zero-order chi connectivity index (χ0) is 22.3. The molecule has 0 rings (SSSR count). The number of carboxylic acids is 6. The molecule has 0 saturated heterocycles. The van der Waals surface area contributed by atoms with E-state index in [1.54, 1.807) is 0 Å². The molecule has 0 saturated carbocycles. The van der Waals surface area contributed by atoms with Crippen molar-refractivity contribution in [2.24, 2.45) is 0 Å². The van der Waals surface area contributed by atoms with Gasteiger partial charge < -0.3 is 40.1 Å². The van der Waals surface area contributed by atoms with Crippen LogP contribution in [0, 0.1) is 0 Å². The molecule has 0 amide bonds. The highest BCUT2D eigenvalue weighted by molar-refractivity contribution is 5.92. The summed E-state index contributed by atoms with van der Waals surface area (Å²) in [4.78, 5) is 77.8. The SMILES string of the molecule is O=C(O)CC(CC(=O)O)(OC(=O)OC(CC(=O)O)(CC(=O)O)C(=O)O)C(=O)O. The molecular weight excluding hydrogens is 396 g/mol. The van der Waals surface area contributed by atoms with Crippen LogP contribution in [0.4, 0.5) is 4.79 Å². The van der Waals surface area contributed by atoms with E-state index in [0.29, 0.717) is 0 Å². The van der Waals surface area contributed by atoms with Crippen molar-refractivity contribution in [3.63, 3.8) is 0 Å². The van der Waals surface area contributed by atoms with Crippen LogP contribution in [0.15, 0.2) is 0 Å². The van der Waals surface area contributed by atoms with E-state index in [4.69, 9.17) is 30.6 Å². The first-order valence-electron chi connectivity index (χ1n) is 6.92. The second-order valence-corrected chi connectivity index (χ2v) is 5.34. The first-order valence-corrected chi connectivity index (χ1v) is 6.92. The standard InChI is InChI=1S/C13H14O15/c14-5(15)1-12(9(22)23,2-6(16)17)27-11(26)28-13(10(24)25,3-7(18)19)4-8(20)21/h1-4H2,(H,14,15)(H,16,17)(H,18,19)(H,20,21)(H,22,23)(H,24,25). The van der Waals surface area contributed by atoms with Crippen molar-refractivity contribution in [1.29, 1.82) is 0 Å². The summed E-state index contributed by atoms with van der Waals surface area (Å²) in [5, 5.41) is 53.2. The lowest BCUT2D eigenvalue weighted by atomic mass is 9.95. The van der Waals surface area contributed by atoms with Gasteiger partial charge in [0.1, 0.15) is 0 Å². The van der Waals surface area contributed by atoms with Gasteiger partial charge in [-0.05, 0) is 0 Å². The van der Waals surface area contributed by atoms with Gasteiger partial charge in [-0.2, -0.15) is 0 Å². The van der Waals surface area contributed by atoms with Gasteiger partial charge in [0, 0.05) is 0 Å². The van der Waals surface area contributed by atoms with E-state index < -0.39 is 78.9 Å². The molecule has 0 aromatic heterocycles. The highest BCUT2D eigenvalue weighted by Crippen LogP contribution is 2.27. The number of rotatable bonds is 12. The van der Waals surface area contributed by atoms with Gasteiger partial charge >= 0.3 is 42.0 Å². The Morgan fingerprint density at radius 2 is 0.714 bits per heavy atom. The van der Waals surface area contributed by atoms with Crippen LogP contribution in [0.5, 0.6) is 0 Å². The maximum absolute atomic E-state index is 11.9. The molecule has 0 unspecified atom stereocenters. The third kappa shape index (κ3) is 6.77. The monoisotopic (exact) mass is 410 g/mol. The molecular formula is C13H14O15. The summed E-state index contributed by atoms with van der Waals surface area (Å²) in [6.45, 7) is 0. The topological polar surface area (TPSA) is 259 Å². The lowest BCUT2D eigenvalue weighted by Crippen LogP contribution is -2.51. The van der Waals surface area contributed by atoms with Crippen molar-refractivity contribution in [3.8, 4) is 0 Å².